The molecule has 1 aromatic carbocycles. The Kier molecular flexibility index (Phi) is 3.03. The summed E-state index contributed by atoms with van der Waals surface area (Å²) in [5, 5.41) is 1.07. The van der Waals surface area contributed by atoms with Gasteiger partial charge < -0.3 is 14.6 Å². The Hall–Kier alpha value is -1.81. The van der Waals surface area contributed by atoms with Gasteiger partial charge in [-0.2, -0.15) is 0 Å². The minimum absolute atomic E-state index is 0.0887. The molecule has 3 rings (SSSR count). The van der Waals surface area contributed by atoms with Crippen LogP contribution in [0.3, 0.4) is 0 Å². The number of ether oxygens (including phenoxy) is 1. The van der Waals surface area contributed by atoms with Crippen LogP contribution in [0.25, 0.3) is 10.9 Å². The van der Waals surface area contributed by atoms with Crippen LogP contribution in [0.4, 0.5) is 0 Å². The van der Waals surface area contributed by atoms with Crippen LogP contribution in [0.1, 0.15) is 24.2 Å². The fraction of sp³-hybridized carbons (Fsp3) is 0.400. The van der Waals surface area contributed by atoms with Crippen molar-refractivity contribution in [2.45, 2.75) is 26.0 Å². The van der Waals surface area contributed by atoms with Crippen molar-refractivity contribution in [2.24, 2.45) is 0 Å². The van der Waals surface area contributed by atoms with Gasteiger partial charge >= 0.3 is 0 Å². The van der Waals surface area contributed by atoms with Gasteiger partial charge in [0.1, 0.15) is 0 Å². The molecule has 19 heavy (non-hydrogen) atoms. The number of nitrogens with zero attached hydrogens (tertiary/aromatic N) is 1. The highest BCUT2D eigenvalue weighted by Crippen LogP contribution is 2.19. The van der Waals surface area contributed by atoms with Crippen LogP contribution in [0, 0.1) is 0 Å². The lowest BCUT2D eigenvalue weighted by molar-refractivity contribution is -0.0387. The second-order valence-electron chi connectivity index (χ2n) is 5.23. The van der Waals surface area contributed by atoms with Crippen molar-refractivity contribution in [3.05, 3.63) is 36.0 Å². The highest BCUT2D eigenvalue weighted by molar-refractivity contribution is 5.98. The Morgan fingerprint density at radius 2 is 2.21 bits per heavy atom. The molecule has 0 spiro atoms. The number of morpholine rings is 1. The number of hydrogen-bond acceptors (Lipinski definition) is 2. The molecule has 1 saturated heterocycles. The average Bonchev–Trinajstić information content (AvgIpc) is 2.88. The Morgan fingerprint density at radius 3 is 3.05 bits per heavy atom. The minimum atomic E-state index is 0.0887. The van der Waals surface area contributed by atoms with E-state index in [0.29, 0.717) is 13.2 Å². The van der Waals surface area contributed by atoms with Crippen LogP contribution >= 0.6 is 0 Å². The van der Waals surface area contributed by atoms with Gasteiger partial charge in [-0.15, -0.1) is 0 Å². The molecule has 1 aromatic heterocycles. The monoisotopic (exact) mass is 258 g/mol. The molecule has 2 aromatic rings. The molecule has 0 bridgehead atoms. The third kappa shape index (κ3) is 2.24. The highest BCUT2D eigenvalue weighted by Gasteiger charge is 2.28. The predicted molar refractivity (Wildman–Crippen MR) is 74.2 cm³/mol. The third-order valence-electron chi connectivity index (χ3n) is 3.67. The Bertz CT molecular complexity index is 605. The van der Waals surface area contributed by atoms with E-state index < -0.39 is 0 Å². The summed E-state index contributed by atoms with van der Waals surface area (Å²) in [7, 11) is 0. The molecule has 4 nitrogen and oxygen atoms in total. The fourth-order valence-corrected chi connectivity index (χ4v) is 2.54. The van der Waals surface area contributed by atoms with Gasteiger partial charge in [-0.25, -0.2) is 0 Å². The molecule has 4 heteroatoms. The van der Waals surface area contributed by atoms with E-state index >= 15 is 0 Å². The molecule has 1 amide bonds. The van der Waals surface area contributed by atoms with E-state index in [0.717, 1.165) is 16.5 Å². The molecule has 100 valence electrons. The maximum absolute atomic E-state index is 12.6. The summed E-state index contributed by atoms with van der Waals surface area (Å²) in [6, 6.07) is 7.90. The van der Waals surface area contributed by atoms with Gasteiger partial charge in [0, 0.05) is 29.2 Å². The molecular weight excluding hydrogens is 240 g/mol. The SMILES string of the molecule is CC1CN(C(=O)c2ccc3[nH]ccc3c2)C(C)CO1. The number of aromatic amines is 1. The lowest BCUT2D eigenvalue weighted by atomic mass is 10.1. The van der Waals surface area contributed by atoms with E-state index in [4.69, 9.17) is 4.74 Å². The van der Waals surface area contributed by atoms with E-state index in [1.54, 1.807) is 0 Å². The Balaban J connectivity index is 1.89. The molecule has 0 saturated carbocycles. The molecule has 2 atom stereocenters. The summed E-state index contributed by atoms with van der Waals surface area (Å²) in [4.78, 5) is 17.6. The average molecular weight is 258 g/mol. The first-order chi connectivity index (χ1) is 9.15. The fourth-order valence-electron chi connectivity index (χ4n) is 2.54. The normalized spacial score (nSPS) is 23.8. The Labute approximate surface area is 112 Å². The van der Waals surface area contributed by atoms with Gasteiger partial charge in [-0.3, -0.25) is 4.79 Å². The van der Waals surface area contributed by atoms with E-state index in [1.807, 2.05) is 49.2 Å². The number of rotatable bonds is 1. The summed E-state index contributed by atoms with van der Waals surface area (Å²) >= 11 is 0. The van der Waals surface area contributed by atoms with Crippen LogP contribution in [-0.2, 0) is 4.74 Å². The molecule has 1 aliphatic heterocycles. The zero-order valence-corrected chi connectivity index (χ0v) is 11.2. The number of carbonyl (C=O) groups is 1. The van der Waals surface area contributed by atoms with Gasteiger partial charge in [0.25, 0.3) is 5.91 Å². The number of fused-ring (bicyclic) bond motifs is 1. The van der Waals surface area contributed by atoms with Crippen molar-refractivity contribution in [1.82, 2.24) is 9.88 Å². The van der Waals surface area contributed by atoms with Crippen molar-refractivity contribution in [3.8, 4) is 0 Å². The molecular formula is C15H18N2O2. The zero-order chi connectivity index (χ0) is 13.4. The molecule has 1 aliphatic rings. The maximum Gasteiger partial charge on any atom is 0.254 e. The predicted octanol–water partition coefficient (Wildman–Crippen LogP) is 2.42. The lowest BCUT2D eigenvalue weighted by Gasteiger charge is -2.36. The number of benzene rings is 1. The van der Waals surface area contributed by atoms with Crippen LogP contribution < -0.4 is 0 Å². The molecule has 2 unspecified atom stereocenters. The van der Waals surface area contributed by atoms with Gasteiger partial charge in [-0.1, -0.05) is 0 Å². The summed E-state index contributed by atoms with van der Waals surface area (Å²) < 4.78 is 5.57. The van der Waals surface area contributed by atoms with Crippen molar-refractivity contribution >= 4 is 16.8 Å². The van der Waals surface area contributed by atoms with E-state index in [2.05, 4.69) is 4.98 Å². The van der Waals surface area contributed by atoms with Gasteiger partial charge in [0.05, 0.1) is 18.8 Å². The summed E-state index contributed by atoms with van der Waals surface area (Å²) in [6.07, 6.45) is 1.99. The van der Waals surface area contributed by atoms with Crippen LogP contribution in [0.15, 0.2) is 30.5 Å². The maximum atomic E-state index is 12.6. The van der Waals surface area contributed by atoms with E-state index in [1.165, 1.54) is 0 Å². The summed E-state index contributed by atoms with van der Waals surface area (Å²) in [5.74, 6) is 0.0887. The molecule has 0 radical (unpaired) electrons. The largest absolute Gasteiger partial charge is 0.375 e. The first-order valence-corrected chi connectivity index (χ1v) is 6.65. The van der Waals surface area contributed by atoms with Crippen LogP contribution in [-0.4, -0.2) is 41.1 Å². The van der Waals surface area contributed by atoms with Gasteiger partial charge in [0.15, 0.2) is 0 Å². The quantitative estimate of drug-likeness (QED) is 0.853. The van der Waals surface area contributed by atoms with Crippen LogP contribution in [0.5, 0.6) is 0 Å². The summed E-state index contributed by atoms with van der Waals surface area (Å²) in [6.45, 7) is 5.30. The highest BCUT2D eigenvalue weighted by atomic mass is 16.5. The topological polar surface area (TPSA) is 45.3 Å². The number of amides is 1. The van der Waals surface area contributed by atoms with E-state index in [9.17, 15) is 4.79 Å². The number of H-pyrrole nitrogens is 1. The smallest absolute Gasteiger partial charge is 0.254 e. The standard InChI is InChI=1S/C15H18N2O2/c1-10-9-19-11(2)8-17(10)15(18)13-3-4-14-12(7-13)5-6-16-14/h3-7,10-11,16H,8-9H2,1-2H3. The molecule has 1 fully saturated rings. The van der Waals surface area contributed by atoms with Crippen molar-refractivity contribution < 1.29 is 9.53 Å². The summed E-state index contributed by atoms with van der Waals surface area (Å²) in [5.41, 5.74) is 1.80. The zero-order valence-electron chi connectivity index (χ0n) is 11.2. The molecule has 1 N–H and O–H groups in total. The van der Waals surface area contributed by atoms with Crippen molar-refractivity contribution in [2.75, 3.05) is 13.2 Å². The second-order valence-corrected chi connectivity index (χ2v) is 5.23. The van der Waals surface area contributed by atoms with Gasteiger partial charge in [-0.05, 0) is 38.1 Å². The molecule has 0 aliphatic carbocycles. The second kappa shape index (κ2) is 4.70. The minimum Gasteiger partial charge on any atom is -0.375 e. The van der Waals surface area contributed by atoms with Crippen molar-refractivity contribution in [1.29, 1.82) is 0 Å². The number of hydrogen-bond donors (Lipinski definition) is 1. The number of aromatic nitrogens is 1. The first-order valence-electron chi connectivity index (χ1n) is 6.65. The number of carbonyl (C=O) groups excluding carboxylic acids is 1. The van der Waals surface area contributed by atoms with E-state index in [-0.39, 0.29) is 18.1 Å². The third-order valence-corrected chi connectivity index (χ3v) is 3.67. The number of nitrogens with one attached hydrogen (secondary N) is 1. The van der Waals surface area contributed by atoms with Crippen LogP contribution in [0.2, 0.25) is 0 Å². The lowest BCUT2D eigenvalue weighted by Crippen LogP contribution is -2.50. The van der Waals surface area contributed by atoms with Crippen molar-refractivity contribution in [3.63, 3.8) is 0 Å². The molecule has 2 heterocycles. The van der Waals surface area contributed by atoms with Gasteiger partial charge in [0.2, 0.25) is 0 Å². The first kappa shape index (κ1) is 12.2. The Morgan fingerprint density at radius 1 is 1.37 bits per heavy atom.